The lowest BCUT2D eigenvalue weighted by Gasteiger charge is -2.12. The van der Waals surface area contributed by atoms with Gasteiger partial charge in [-0.15, -0.1) is 0 Å². The zero-order chi connectivity index (χ0) is 23.2. The summed E-state index contributed by atoms with van der Waals surface area (Å²) in [4.78, 5) is 33.5. The minimum atomic E-state index is -1.21. The van der Waals surface area contributed by atoms with Crippen LogP contribution in [0.1, 0.15) is 104 Å². The lowest BCUT2D eigenvalue weighted by molar-refractivity contribution is -0.143. The van der Waals surface area contributed by atoms with Crippen LogP contribution < -0.4 is 5.32 Å². The Bertz CT molecular complexity index is 542. The predicted molar refractivity (Wildman–Crippen MR) is 125 cm³/mol. The first-order chi connectivity index (χ1) is 15.0. The monoisotopic (exact) mass is 437 g/mol. The van der Waals surface area contributed by atoms with Gasteiger partial charge in [0.2, 0.25) is 5.91 Å². The number of rotatable bonds is 20. The molecule has 6 nitrogen and oxygen atoms in total. The maximum Gasteiger partial charge on any atom is 0.331 e. The van der Waals surface area contributed by atoms with E-state index in [0.717, 1.165) is 37.8 Å². The van der Waals surface area contributed by atoms with E-state index in [4.69, 9.17) is 9.84 Å². The summed E-state index contributed by atoms with van der Waals surface area (Å²) in [6, 6.07) is 0. The summed E-state index contributed by atoms with van der Waals surface area (Å²) in [5.74, 6) is -2.00. The van der Waals surface area contributed by atoms with Crippen LogP contribution in [0.15, 0.2) is 24.3 Å². The molecule has 0 aromatic rings. The molecule has 0 aromatic carbocycles. The van der Waals surface area contributed by atoms with Crippen molar-refractivity contribution in [3.8, 4) is 0 Å². The smallest absolute Gasteiger partial charge is 0.331 e. The van der Waals surface area contributed by atoms with E-state index < -0.39 is 18.0 Å². The molecule has 1 unspecified atom stereocenters. The van der Waals surface area contributed by atoms with Crippen molar-refractivity contribution in [2.24, 2.45) is 0 Å². The highest BCUT2D eigenvalue weighted by Crippen LogP contribution is 2.10. The highest BCUT2D eigenvalue weighted by atomic mass is 16.5. The molecule has 0 aliphatic heterocycles. The van der Waals surface area contributed by atoms with E-state index in [-0.39, 0.29) is 12.5 Å². The van der Waals surface area contributed by atoms with E-state index in [0.29, 0.717) is 6.42 Å². The third-order valence-corrected chi connectivity index (χ3v) is 4.93. The van der Waals surface area contributed by atoms with Crippen molar-refractivity contribution in [2.45, 2.75) is 110 Å². The van der Waals surface area contributed by atoms with Crippen LogP contribution in [0, 0.1) is 0 Å². The third kappa shape index (κ3) is 22.4. The molecular formula is C25H43NO5. The number of carbonyl (C=O) groups is 3. The fourth-order valence-electron chi connectivity index (χ4n) is 3.12. The molecule has 0 rings (SSSR count). The molecule has 0 aliphatic rings. The fraction of sp³-hybridized carbons (Fsp3) is 0.720. The van der Waals surface area contributed by atoms with E-state index >= 15 is 0 Å². The zero-order valence-electron chi connectivity index (χ0n) is 19.6. The zero-order valence-corrected chi connectivity index (χ0v) is 19.6. The summed E-state index contributed by atoms with van der Waals surface area (Å²) in [6.07, 6.45) is 22.1. The Hall–Kier alpha value is -2.11. The van der Waals surface area contributed by atoms with Crippen molar-refractivity contribution >= 4 is 17.8 Å². The minimum Gasteiger partial charge on any atom is -0.478 e. The predicted octanol–water partition coefficient (Wildman–Crippen LogP) is 5.71. The Kier molecular flexibility index (Phi) is 19.7. The highest BCUT2D eigenvalue weighted by Gasteiger charge is 2.09. The Morgan fingerprint density at radius 2 is 1.39 bits per heavy atom. The first-order valence-corrected chi connectivity index (χ1v) is 12.0. The van der Waals surface area contributed by atoms with Gasteiger partial charge in [0.25, 0.3) is 0 Å². The first kappa shape index (κ1) is 28.9. The third-order valence-electron chi connectivity index (χ3n) is 4.93. The van der Waals surface area contributed by atoms with Crippen LogP contribution in [0.25, 0.3) is 0 Å². The summed E-state index contributed by atoms with van der Waals surface area (Å²) in [5.41, 5.74) is 0. The molecular weight excluding hydrogens is 394 g/mol. The van der Waals surface area contributed by atoms with E-state index in [1.165, 1.54) is 57.8 Å². The molecule has 0 fully saturated rings. The van der Waals surface area contributed by atoms with E-state index in [1.807, 2.05) is 0 Å². The average Bonchev–Trinajstić information content (AvgIpc) is 2.73. The van der Waals surface area contributed by atoms with Crippen LogP contribution in [0.4, 0.5) is 0 Å². The number of carboxylic acids is 1. The van der Waals surface area contributed by atoms with Crippen molar-refractivity contribution in [3.63, 3.8) is 0 Å². The molecule has 0 heterocycles. The molecule has 0 aromatic heterocycles. The number of nitrogens with one attached hydrogen (secondary N) is 1. The number of amides is 1. The van der Waals surface area contributed by atoms with Gasteiger partial charge < -0.3 is 15.2 Å². The molecule has 2 N–H and O–H groups in total. The van der Waals surface area contributed by atoms with Gasteiger partial charge >= 0.3 is 11.9 Å². The van der Waals surface area contributed by atoms with Gasteiger partial charge in [0.05, 0.1) is 6.54 Å². The molecule has 0 spiro atoms. The van der Waals surface area contributed by atoms with Gasteiger partial charge in [0.1, 0.15) is 6.10 Å². The number of esters is 1. The lowest BCUT2D eigenvalue weighted by Crippen LogP contribution is -2.32. The SMILES string of the molecule is CCCCCCCCC=CCCCCCCCC(=O)NCC(C)OC(=O)/C=C\C(=O)O. The number of carbonyl (C=O) groups excluding carboxylic acids is 2. The molecule has 6 heteroatoms. The van der Waals surface area contributed by atoms with Crippen molar-refractivity contribution in [1.82, 2.24) is 5.32 Å². The minimum absolute atomic E-state index is 0.0541. The van der Waals surface area contributed by atoms with Crippen LogP contribution in [0.5, 0.6) is 0 Å². The number of ether oxygens (including phenoxy) is 1. The molecule has 0 radical (unpaired) electrons. The average molecular weight is 438 g/mol. The number of hydrogen-bond donors (Lipinski definition) is 2. The normalized spacial score (nSPS) is 12.3. The first-order valence-electron chi connectivity index (χ1n) is 12.0. The molecule has 0 aliphatic carbocycles. The van der Waals surface area contributed by atoms with Crippen LogP contribution in [-0.2, 0) is 19.1 Å². The van der Waals surface area contributed by atoms with E-state index in [9.17, 15) is 14.4 Å². The standard InChI is InChI=1S/C25H43NO5/c1-3-4-5-6-7-8-9-10-11-12-13-14-15-16-17-18-23(27)26-21-22(2)31-25(30)20-19-24(28)29/h10-11,19-20,22H,3-9,12-18,21H2,1-2H3,(H,26,27)(H,28,29)/b11-10?,20-19-. The quantitative estimate of drug-likeness (QED) is 0.110. The second-order valence-electron chi connectivity index (χ2n) is 8.06. The Morgan fingerprint density at radius 3 is 1.97 bits per heavy atom. The second kappa shape index (κ2) is 21.1. The molecule has 0 saturated heterocycles. The fourth-order valence-corrected chi connectivity index (χ4v) is 3.12. The molecule has 1 atom stereocenters. The number of hydrogen-bond acceptors (Lipinski definition) is 4. The maximum atomic E-state index is 11.8. The Morgan fingerprint density at radius 1 is 0.839 bits per heavy atom. The van der Waals surface area contributed by atoms with Gasteiger partial charge in [0.15, 0.2) is 0 Å². The van der Waals surface area contributed by atoms with Gasteiger partial charge in [-0.05, 0) is 39.0 Å². The number of allylic oxidation sites excluding steroid dienone is 2. The second-order valence-corrected chi connectivity index (χ2v) is 8.06. The number of aliphatic carboxylic acids is 1. The highest BCUT2D eigenvalue weighted by molar-refractivity contribution is 5.90. The van der Waals surface area contributed by atoms with Crippen LogP contribution in [-0.4, -0.2) is 35.6 Å². The Balaban J connectivity index is 3.49. The van der Waals surface area contributed by atoms with Gasteiger partial charge in [-0.1, -0.05) is 70.4 Å². The van der Waals surface area contributed by atoms with Crippen molar-refractivity contribution in [2.75, 3.05) is 6.54 Å². The van der Waals surface area contributed by atoms with Crippen LogP contribution >= 0.6 is 0 Å². The van der Waals surface area contributed by atoms with Gasteiger partial charge in [-0.25, -0.2) is 9.59 Å². The molecule has 31 heavy (non-hydrogen) atoms. The van der Waals surface area contributed by atoms with E-state index in [2.05, 4.69) is 24.4 Å². The number of carboxylic acid groups (broad SMARTS) is 1. The van der Waals surface area contributed by atoms with Crippen molar-refractivity contribution in [1.29, 1.82) is 0 Å². The lowest BCUT2D eigenvalue weighted by atomic mass is 10.1. The summed E-state index contributed by atoms with van der Waals surface area (Å²) >= 11 is 0. The van der Waals surface area contributed by atoms with Gasteiger partial charge in [0, 0.05) is 18.6 Å². The van der Waals surface area contributed by atoms with Crippen molar-refractivity contribution < 1.29 is 24.2 Å². The van der Waals surface area contributed by atoms with Gasteiger partial charge in [-0.2, -0.15) is 0 Å². The summed E-state index contributed by atoms with van der Waals surface area (Å²) < 4.78 is 4.97. The summed E-state index contributed by atoms with van der Waals surface area (Å²) in [5, 5.41) is 11.2. The molecule has 0 saturated carbocycles. The number of unbranched alkanes of at least 4 members (excludes halogenated alkanes) is 11. The van der Waals surface area contributed by atoms with Crippen LogP contribution in [0.2, 0.25) is 0 Å². The largest absolute Gasteiger partial charge is 0.478 e. The van der Waals surface area contributed by atoms with Crippen LogP contribution in [0.3, 0.4) is 0 Å². The summed E-state index contributed by atoms with van der Waals surface area (Å²) in [6.45, 7) is 4.11. The summed E-state index contributed by atoms with van der Waals surface area (Å²) in [7, 11) is 0. The molecule has 1 amide bonds. The molecule has 178 valence electrons. The topological polar surface area (TPSA) is 92.7 Å². The maximum absolute atomic E-state index is 11.8. The van der Waals surface area contributed by atoms with Gasteiger partial charge in [-0.3, -0.25) is 4.79 Å². The molecule has 0 bridgehead atoms. The Labute approximate surface area is 188 Å². The van der Waals surface area contributed by atoms with E-state index in [1.54, 1.807) is 6.92 Å². The van der Waals surface area contributed by atoms with Crippen molar-refractivity contribution in [3.05, 3.63) is 24.3 Å².